The Bertz CT molecular complexity index is 551. The van der Waals surface area contributed by atoms with Gasteiger partial charge in [-0.15, -0.1) is 0 Å². The zero-order chi connectivity index (χ0) is 14.6. The highest BCUT2D eigenvalue weighted by atomic mass is 32.2. The van der Waals surface area contributed by atoms with E-state index in [0.29, 0.717) is 0 Å². The number of aryl methyl sites for hydroxylation is 1. The maximum Gasteiger partial charge on any atom is 0.179 e. The molecule has 1 aromatic heterocycles. The summed E-state index contributed by atoms with van der Waals surface area (Å²) >= 11 is 0. The van der Waals surface area contributed by atoms with Gasteiger partial charge in [-0.25, -0.2) is 13.4 Å². The lowest BCUT2D eigenvalue weighted by molar-refractivity contribution is 0.600. The number of sulfone groups is 1. The Morgan fingerprint density at radius 1 is 1.16 bits per heavy atom. The first-order valence-electron chi connectivity index (χ1n) is 6.74. The van der Waals surface area contributed by atoms with Crippen molar-refractivity contribution in [1.82, 2.24) is 4.98 Å². The van der Waals surface area contributed by atoms with Gasteiger partial charge in [-0.05, 0) is 37.8 Å². The number of hydrogen-bond donors (Lipinski definition) is 1. The molecule has 108 valence electrons. The normalized spacial score (nSPS) is 11.8. The van der Waals surface area contributed by atoms with E-state index in [1.165, 1.54) is 19.1 Å². The fraction of sp³-hybridized carbons (Fsp3) is 0.643. The molecular weight excluding hydrogens is 260 g/mol. The summed E-state index contributed by atoms with van der Waals surface area (Å²) in [7, 11) is -3.33. The second-order valence-corrected chi connectivity index (χ2v) is 7.05. The number of nitrogen functional groups attached to an aromatic ring is 1. The van der Waals surface area contributed by atoms with Crippen LogP contribution in [0.3, 0.4) is 0 Å². The first kappa shape index (κ1) is 16.0. The van der Waals surface area contributed by atoms with Crippen LogP contribution >= 0.6 is 0 Å². The van der Waals surface area contributed by atoms with Gasteiger partial charge in [0.1, 0.15) is 10.7 Å². The van der Waals surface area contributed by atoms with Gasteiger partial charge in [0, 0.05) is 11.9 Å². The Hall–Kier alpha value is -1.10. The molecule has 0 amide bonds. The van der Waals surface area contributed by atoms with Crippen molar-refractivity contribution in [2.75, 3.05) is 12.0 Å². The monoisotopic (exact) mass is 284 g/mol. The van der Waals surface area contributed by atoms with Crippen LogP contribution in [0.5, 0.6) is 0 Å². The van der Waals surface area contributed by atoms with Crippen LogP contribution in [0.2, 0.25) is 0 Å². The molecule has 0 aliphatic carbocycles. The van der Waals surface area contributed by atoms with Crippen molar-refractivity contribution >= 4 is 15.7 Å². The highest BCUT2D eigenvalue weighted by Gasteiger charge is 2.20. The predicted octanol–water partition coefficient (Wildman–Crippen LogP) is 2.81. The standard InChI is InChI=1S/C14H24N2O2S/c1-5-6-7-8-9-12-10(2)13(19(4,17)18)14(15)16-11(12)3/h5-9H2,1-4H3,(H2,15,16). The van der Waals surface area contributed by atoms with Crippen LogP contribution < -0.4 is 5.73 Å². The first-order chi connectivity index (χ1) is 8.79. The van der Waals surface area contributed by atoms with Crippen LogP contribution in [0.25, 0.3) is 0 Å². The van der Waals surface area contributed by atoms with Crippen molar-refractivity contribution < 1.29 is 8.42 Å². The van der Waals surface area contributed by atoms with Gasteiger partial charge < -0.3 is 5.73 Å². The number of nitrogens with zero attached hydrogens (tertiary/aromatic N) is 1. The fourth-order valence-corrected chi connectivity index (χ4v) is 3.57. The molecule has 1 aromatic rings. The summed E-state index contributed by atoms with van der Waals surface area (Å²) in [5.41, 5.74) is 8.41. The van der Waals surface area contributed by atoms with Gasteiger partial charge >= 0.3 is 0 Å². The van der Waals surface area contributed by atoms with Crippen molar-refractivity contribution in [2.45, 2.75) is 57.8 Å². The van der Waals surface area contributed by atoms with Crippen molar-refractivity contribution in [3.05, 3.63) is 16.8 Å². The number of anilines is 1. The van der Waals surface area contributed by atoms with Crippen LogP contribution in [0.4, 0.5) is 5.82 Å². The van der Waals surface area contributed by atoms with Crippen molar-refractivity contribution in [3.63, 3.8) is 0 Å². The molecule has 0 saturated heterocycles. The molecule has 0 atom stereocenters. The molecule has 0 bridgehead atoms. The maximum absolute atomic E-state index is 11.8. The van der Waals surface area contributed by atoms with Gasteiger partial charge in [0.05, 0.1) is 0 Å². The third-order valence-electron chi connectivity index (χ3n) is 3.40. The minimum absolute atomic E-state index is 0.120. The van der Waals surface area contributed by atoms with Crippen LogP contribution in [0.1, 0.15) is 49.4 Å². The SMILES string of the molecule is CCCCCCc1c(C)nc(N)c(S(C)(=O)=O)c1C. The van der Waals surface area contributed by atoms with E-state index in [1.54, 1.807) is 0 Å². The van der Waals surface area contributed by atoms with Gasteiger partial charge in [0.25, 0.3) is 0 Å². The van der Waals surface area contributed by atoms with Crippen LogP contribution in [0, 0.1) is 13.8 Å². The van der Waals surface area contributed by atoms with Crippen LogP contribution in [0.15, 0.2) is 4.90 Å². The molecule has 19 heavy (non-hydrogen) atoms. The average Bonchev–Trinajstić information content (AvgIpc) is 2.25. The van der Waals surface area contributed by atoms with E-state index in [2.05, 4.69) is 11.9 Å². The minimum atomic E-state index is -3.33. The summed E-state index contributed by atoms with van der Waals surface area (Å²) in [5.74, 6) is 0.120. The summed E-state index contributed by atoms with van der Waals surface area (Å²) in [6.07, 6.45) is 6.67. The molecule has 2 N–H and O–H groups in total. The summed E-state index contributed by atoms with van der Waals surface area (Å²) in [6.45, 7) is 5.89. The topological polar surface area (TPSA) is 73.0 Å². The quantitative estimate of drug-likeness (QED) is 0.815. The molecule has 0 aliphatic rings. The number of nitrogens with two attached hydrogens (primary N) is 1. The second-order valence-electron chi connectivity index (χ2n) is 5.10. The second kappa shape index (κ2) is 6.37. The first-order valence-corrected chi connectivity index (χ1v) is 8.63. The van der Waals surface area contributed by atoms with Crippen molar-refractivity contribution in [1.29, 1.82) is 0 Å². The number of rotatable bonds is 6. The van der Waals surface area contributed by atoms with E-state index in [-0.39, 0.29) is 10.7 Å². The molecule has 0 radical (unpaired) electrons. The summed E-state index contributed by atoms with van der Waals surface area (Å²) in [6, 6.07) is 0. The summed E-state index contributed by atoms with van der Waals surface area (Å²) in [5, 5.41) is 0. The molecule has 5 heteroatoms. The molecule has 1 heterocycles. The van der Waals surface area contributed by atoms with E-state index in [9.17, 15) is 8.42 Å². The van der Waals surface area contributed by atoms with Gasteiger partial charge in [-0.2, -0.15) is 0 Å². The zero-order valence-electron chi connectivity index (χ0n) is 12.3. The van der Waals surface area contributed by atoms with Gasteiger partial charge in [0.2, 0.25) is 0 Å². The summed E-state index contributed by atoms with van der Waals surface area (Å²) < 4.78 is 23.6. The Labute approximate surface area is 116 Å². The van der Waals surface area contributed by atoms with Crippen molar-refractivity contribution in [2.24, 2.45) is 0 Å². The average molecular weight is 284 g/mol. The molecule has 4 nitrogen and oxygen atoms in total. The van der Waals surface area contributed by atoms with Crippen LogP contribution in [-0.4, -0.2) is 19.7 Å². The third kappa shape index (κ3) is 3.93. The van der Waals surface area contributed by atoms with Gasteiger partial charge in [0.15, 0.2) is 9.84 Å². The summed E-state index contributed by atoms with van der Waals surface area (Å²) in [4.78, 5) is 4.40. The Morgan fingerprint density at radius 2 is 1.79 bits per heavy atom. The fourth-order valence-electron chi connectivity index (χ4n) is 2.46. The van der Waals surface area contributed by atoms with E-state index >= 15 is 0 Å². The number of aromatic nitrogens is 1. The molecular formula is C14H24N2O2S. The molecule has 0 unspecified atom stereocenters. The Balaban J connectivity index is 3.12. The Morgan fingerprint density at radius 3 is 2.32 bits per heavy atom. The highest BCUT2D eigenvalue weighted by molar-refractivity contribution is 7.91. The lowest BCUT2D eigenvalue weighted by Crippen LogP contribution is -2.11. The van der Waals surface area contributed by atoms with E-state index in [1.807, 2.05) is 13.8 Å². The minimum Gasteiger partial charge on any atom is -0.383 e. The molecule has 0 fully saturated rings. The number of pyridine rings is 1. The molecule has 0 saturated carbocycles. The van der Waals surface area contributed by atoms with Gasteiger partial charge in [-0.1, -0.05) is 26.2 Å². The lowest BCUT2D eigenvalue weighted by atomic mass is 10.0. The number of hydrogen-bond acceptors (Lipinski definition) is 4. The van der Waals surface area contributed by atoms with Gasteiger partial charge in [-0.3, -0.25) is 0 Å². The Kier molecular flexibility index (Phi) is 5.35. The molecule has 0 spiro atoms. The number of unbranched alkanes of at least 4 members (excludes halogenated alkanes) is 3. The van der Waals surface area contributed by atoms with Crippen molar-refractivity contribution in [3.8, 4) is 0 Å². The largest absolute Gasteiger partial charge is 0.383 e. The van der Waals surface area contributed by atoms with E-state index in [0.717, 1.165) is 36.1 Å². The maximum atomic E-state index is 11.8. The molecule has 0 aliphatic heterocycles. The highest BCUT2D eigenvalue weighted by Crippen LogP contribution is 2.27. The zero-order valence-corrected chi connectivity index (χ0v) is 13.1. The molecule has 0 aromatic carbocycles. The smallest absolute Gasteiger partial charge is 0.179 e. The van der Waals surface area contributed by atoms with E-state index < -0.39 is 9.84 Å². The van der Waals surface area contributed by atoms with E-state index in [4.69, 9.17) is 5.73 Å². The predicted molar refractivity (Wildman–Crippen MR) is 79.1 cm³/mol. The lowest BCUT2D eigenvalue weighted by Gasteiger charge is -2.14. The molecule has 1 rings (SSSR count). The third-order valence-corrected chi connectivity index (χ3v) is 4.66. The van der Waals surface area contributed by atoms with Crippen LogP contribution in [-0.2, 0) is 16.3 Å².